The zero-order valence-corrected chi connectivity index (χ0v) is 16.8. The summed E-state index contributed by atoms with van der Waals surface area (Å²) in [6.07, 6.45) is 2.08. The van der Waals surface area contributed by atoms with Gasteiger partial charge in [-0.2, -0.15) is 0 Å². The summed E-state index contributed by atoms with van der Waals surface area (Å²) in [5, 5.41) is 3.83. The van der Waals surface area contributed by atoms with Gasteiger partial charge < -0.3 is 15.0 Å². The Morgan fingerprint density at radius 3 is 2.86 bits per heavy atom. The Bertz CT molecular complexity index is 1180. The minimum atomic E-state index is -0.152. The standard InChI is InChI=1S/C22H20N4O2S/c1-13-19(29-22(23-13)14-6-3-2-4-7-14)21(27)24-15-9-10-16-17(12-15)26-20(25-16)18-8-5-11-28-18/h2-4,6-7,9-10,12,18H,5,8,11H2,1H3,(H,24,27)(H,25,26). The number of aromatic amines is 1. The molecule has 29 heavy (non-hydrogen) atoms. The van der Waals surface area contributed by atoms with Crippen molar-refractivity contribution in [2.24, 2.45) is 0 Å². The minimum absolute atomic E-state index is 0.0386. The number of aromatic nitrogens is 3. The number of benzene rings is 2. The maximum absolute atomic E-state index is 12.8. The molecule has 1 saturated heterocycles. The number of hydrogen-bond donors (Lipinski definition) is 2. The molecule has 4 aromatic rings. The summed E-state index contributed by atoms with van der Waals surface area (Å²) < 4.78 is 5.70. The number of rotatable bonds is 4. The molecule has 2 aromatic carbocycles. The lowest BCUT2D eigenvalue weighted by molar-refractivity contribution is 0.102. The number of carbonyl (C=O) groups excluding carboxylic acids is 1. The second-order valence-corrected chi connectivity index (χ2v) is 8.11. The zero-order valence-electron chi connectivity index (χ0n) is 15.9. The lowest BCUT2D eigenvalue weighted by Crippen LogP contribution is -2.11. The number of aryl methyl sites for hydroxylation is 1. The largest absolute Gasteiger partial charge is 0.370 e. The van der Waals surface area contributed by atoms with Gasteiger partial charge in [-0.3, -0.25) is 4.79 Å². The minimum Gasteiger partial charge on any atom is -0.370 e. The molecule has 1 aliphatic rings. The first-order valence-corrected chi connectivity index (χ1v) is 10.4. The van der Waals surface area contributed by atoms with Crippen LogP contribution in [0.1, 0.15) is 40.1 Å². The summed E-state index contributed by atoms with van der Waals surface area (Å²) in [5.74, 6) is 0.701. The van der Waals surface area contributed by atoms with Crippen LogP contribution in [-0.2, 0) is 4.74 Å². The molecule has 1 amide bonds. The third kappa shape index (κ3) is 3.54. The van der Waals surface area contributed by atoms with Gasteiger partial charge in [0, 0.05) is 17.9 Å². The highest BCUT2D eigenvalue weighted by molar-refractivity contribution is 7.17. The van der Waals surface area contributed by atoms with Crippen molar-refractivity contribution >= 4 is 34.0 Å². The number of thiazole rings is 1. The van der Waals surface area contributed by atoms with E-state index in [4.69, 9.17) is 4.74 Å². The smallest absolute Gasteiger partial charge is 0.267 e. The summed E-state index contributed by atoms with van der Waals surface area (Å²) in [5.41, 5.74) is 4.22. The summed E-state index contributed by atoms with van der Waals surface area (Å²) in [7, 11) is 0. The van der Waals surface area contributed by atoms with Gasteiger partial charge in [-0.15, -0.1) is 11.3 Å². The molecule has 3 heterocycles. The monoisotopic (exact) mass is 404 g/mol. The van der Waals surface area contributed by atoms with Gasteiger partial charge in [0.15, 0.2) is 0 Å². The van der Waals surface area contributed by atoms with Crippen molar-refractivity contribution in [1.29, 1.82) is 0 Å². The van der Waals surface area contributed by atoms with Crippen LogP contribution in [0.25, 0.3) is 21.6 Å². The number of hydrogen-bond acceptors (Lipinski definition) is 5. The molecule has 6 nitrogen and oxygen atoms in total. The molecule has 0 saturated carbocycles. The van der Waals surface area contributed by atoms with Gasteiger partial charge in [-0.05, 0) is 38.0 Å². The van der Waals surface area contributed by atoms with Crippen LogP contribution in [0.3, 0.4) is 0 Å². The van der Waals surface area contributed by atoms with E-state index in [0.29, 0.717) is 4.88 Å². The normalized spacial score (nSPS) is 16.4. The van der Waals surface area contributed by atoms with Crippen molar-refractivity contribution in [3.05, 3.63) is 64.9 Å². The number of nitrogens with one attached hydrogen (secondary N) is 2. The van der Waals surface area contributed by atoms with Crippen molar-refractivity contribution < 1.29 is 9.53 Å². The Morgan fingerprint density at radius 2 is 2.07 bits per heavy atom. The summed E-state index contributed by atoms with van der Waals surface area (Å²) in [6, 6.07) is 15.6. The first-order valence-electron chi connectivity index (χ1n) is 9.63. The highest BCUT2D eigenvalue weighted by Crippen LogP contribution is 2.30. The Hall–Kier alpha value is -3.03. The highest BCUT2D eigenvalue weighted by atomic mass is 32.1. The SMILES string of the molecule is Cc1nc(-c2ccccc2)sc1C(=O)Nc1ccc2nc(C3CCCO3)[nH]c2c1. The molecule has 2 N–H and O–H groups in total. The number of carbonyl (C=O) groups is 1. The van der Waals surface area contributed by atoms with Gasteiger partial charge in [-0.25, -0.2) is 9.97 Å². The first-order chi connectivity index (χ1) is 14.2. The highest BCUT2D eigenvalue weighted by Gasteiger charge is 2.21. The Morgan fingerprint density at radius 1 is 1.21 bits per heavy atom. The van der Waals surface area contributed by atoms with Crippen LogP contribution in [-0.4, -0.2) is 27.5 Å². The third-order valence-corrected chi connectivity index (χ3v) is 6.22. The van der Waals surface area contributed by atoms with Gasteiger partial charge in [0.05, 0.1) is 16.7 Å². The van der Waals surface area contributed by atoms with Crippen molar-refractivity contribution in [3.8, 4) is 10.6 Å². The summed E-state index contributed by atoms with van der Waals surface area (Å²) in [4.78, 5) is 26.0. The second kappa shape index (κ2) is 7.42. The van der Waals surface area contributed by atoms with Crippen LogP contribution < -0.4 is 5.32 Å². The lowest BCUT2D eigenvalue weighted by Gasteiger charge is -2.04. The fourth-order valence-electron chi connectivity index (χ4n) is 3.55. The van der Waals surface area contributed by atoms with Crippen LogP contribution in [0.15, 0.2) is 48.5 Å². The number of imidazole rings is 1. The van der Waals surface area contributed by atoms with E-state index >= 15 is 0 Å². The molecule has 1 fully saturated rings. The maximum Gasteiger partial charge on any atom is 0.267 e. The zero-order chi connectivity index (χ0) is 19.8. The molecule has 5 rings (SSSR count). The number of H-pyrrole nitrogens is 1. The van der Waals surface area contributed by atoms with E-state index in [1.165, 1.54) is 11.3 Å². The quantitative estimate of drug-likeness (QED) is 0.496. The maximum atomic E-state index is 12.8. The van der Waals surface area contributed by atoms with E-state index in [0.717, 1.165) is 58.3 Å². The van der Waals surface area contributed by atoms with E-state index in [1.54, 1.807) is 0 Å². The van der Waals surface area contributed by atoms with E-state index in [1.807, 2.05) is 55.5 Å². The van der Waals surface area contributed by atoms with Crippen molar-refractivity contribution in [2.45, 2.75) is 25.9 Å². The molecule has 0 bridgehead atoms. The third-order valence-electron chi connectivity index (χ3n) is 5.02. The van der Waals surface area contributed by atoms with Crippen LogP contribution in [0.2, 0.25) is 0 Å². The van der Waals surface area contributed by atoms with Crippen LogP contribution in [0.4, 0.5) is 5.69 Å². The molecular formula is C22H20N4O2S. The van der Waals surface area contributed by atoms with Crippen LogP contribution in [0, 0.1) is 6.92 Å². The van der Waals surface area contributed by atoms with Gasteiger partial charge in [0.1, 0.15) is 21.8 Å². The first kappa shape index (κ1) is 18.0. The number of nitrogens with zero attached hydrogens (tertiary/aromatic N) is 2. The van der Waals surface area contributed by atoms with E-state index < -0.39 is 0 Å². The molecule has 0 aliphatic carbocycles. The van der Waals surface area contributed by atoms with E-state index in [-0.39, 0.29) is 12.0 Å². The average molecular weight is 404 g/mol. The van der Waals surface area contributed by atoms with Gasteiger partial charge in [-0.1, -0.05) is 30.3 Å². The molecule has 7 heteroatoms. The number of ether oxygens (including phenoxy) is 1. The molecule has 1 atom stereocenters. The predicted molar refractivity (Wildman–Crippen MR) is 114 cm³/mol. The molecule has 1 unspecified atom stereocenters. The van der Waals surface area contributed by atoms with Crippen LogP contribution >= 0.6 is 11.3 Å². The number of fused-ring (bicyclic) bond motifs is 1. The van der Waals surface area contributed by atoms with Crippen molar-refractivity contribution in [2.75, 3.05) is 11.9 Å². The van der Waals surface area contributed by atoms with Gasteiger partial charge in [0.25, 0.3) is 5.91 Å². The molecule has 146 valence electrons. The summed E-state index contributed by atoms with van der Waals surface area (Å²) >= 11 is 1.40. The fraction of sp³-hybridized carbons (Fsp3) is 0.227. The van der Waals surface area contributed by atoms with Gasteiger partial charge >= 0.3 is 0 Å². The topological polar surface area (TPSA) is 79.9 Å². The Kier molecular flexibility index (Phi) is 4.61. The number of anilines is 1. The van der Waals surface area contributed by atoms with Crippen molar-refractivity contribution in [3.63, 3.8) is 0 Å². The van der Waals surface area contributed by atoms with E-state index in [2.05, 4.69) is 20.3 Å². The van der Waals surface area contributed by atoms with E-state index in [9.17, 15) is 4.79 Å². The predicted octanol–water partition coefficient (Wildman–Crippen LogP) is 5.10. The van der Waals surface area contributed by atoms with Crippen LogP contribution in [0.5, 0.6) is 0 Å². The molecule has 1 aliphatic heterocycles. The molecular weight excluding hydrogens is 384 g/mol. The average Bonchev–Trinajstić information content (AvgIpc) is 3.47. The lowest BCUT2D eigenvalue weighted by atomic mass is 10.2. The molecule has 2 aromatic heterocycles. The van der Waals surface area contributed by atoms with Crippen molar-refractivity contribution in [1.82, 2.24) is 15.0 Å². The molecule has 0 spiro atoms. The summed E-state index contributed by atoms with van der Waals surface area (Å²) in [6.45, 7) is 2.64. The van der Waals surface area contributed by atoms with Gasteiger partial charge in [0.2, 0.25) is 0 Å². The fourth-order valence-corrected chi connectivity index (χ4v) is 4.52. The second-order valence-electron chi connectivity index (χ2n) is 7.11. The molecule has 0 radical (unpaired) electrons. The Labute approximate surface area is 172 Å². The number of amides is 1. The Balaban J connectivity index is 1.38.